The lowest BCUT2D eigenvalue weighted by molar-refractivity contribution is 0.0715. The first-order chi connectivity index (χ1) is 28.1. The van der Waals surface area contributed by atoms with Gasteiger partial charge in [0, 0.05) is 57.3 Å². The molecule has 0 aromatic heterocycles. The van der Waals surface area contributed by atoms with E-state index in [2.05, 4.69) is 35.7 Å². The number of hydrogen-bond donors (Lipinski definition) is 2. The number of ether oxygens (including phenoxy) is 2. The summed E-state index contributed by atoms with van der Waals surface area (Å²) >= 11 is 0. The van der Waals surface area contributed by atoms with Crippen molar-refractivity contribution < 1.29 is 27.5 Å². The Bertz CT molecular complexity index is 2000. The van der Waals surface area contributed by atoms with E-state index in [1.807, 2.05) is 95.9 Å². The highest BCUT2D eigenvalue weighted by Crippen LogP contribution is 2.30. The summed E-state index contributed by atoms with van der Waals surface area (Å²) in [7, 11) is -0.981. The van der Waals surface area contributed by atoms with Crippen LogP contribution in [0.2, 0.25) is 0 Å². The van der Waals surface area contributed by atoms with Gasteiger partial charge in [-0.05, 0) is 73.7 Å². The molecule has 4 rings (SSSR count). The molecule has 0 saturated carbocycles. The lowest BCUT2D eigenvalue weighted by Crippen LogP contribution is -2.39. The van der Waals surface area contributed by atoms with Gasteiger partial charge in [0.1, 0.15) is 12.4 Å². The molecule has 0 aliphatic heterocycles. The molecule has 1 amide bonds. The van der Waals surface area contributed by atoms with Crippen LogP contribution >= 0.6 is 0 Å². The third kappa shape index (κ3) is 15.1. The van der Waals surface area contributed by atoms with Crippen LogP contribution in [0, 0.1) is 11.8 Å². The quantitative estimate of drug-likeness (QED) is 0.0391. The van der Waals surface area contributed by atoms with Gasteiger partial charge in [-0.1, -0.05) is 117 Å². The number of nitrogens with one attached hydrogen (secondary N) is 2. The van der Waals surface area contributed by atoms with E-state index in [0.717, 1.165) is 60.5 Å². The minimum absolute atomic E-state index is 0.0230. The third-order valence-electron chi connectivity index (χ3n) is 9.61. The molecule has 0 bridgehead atoms. The van der Waals surface area contributed by atoms with Crippen molar-refractivity contribution in [3.8, 4) is 17.6 Å². The van der Waals surface area contributed by atoms with Gasteiger partial charge in [-0.2, -0.15) is 12.7 Å². The zero-order valence-electron chi connectivity index (χ0n) is 34.5. The van der Waals surface area contributed by atoms with E-state index in [1.165, 1.54) is 14.1 Å². The Morgan fingerprint density at radius 2 is 1.47 bits per heavy atom. The van der Waals surface area contributed by atoms with Crippen LogP contribution < -0.4 is 14.8 Å². The second kappa shape index (κ2) is 24.7. The van der Waals surface area contributed by atoms with Crippen molar-refractivity contribution in [1.29, 1.82) is 0 Å². The Labute approximate surface area is 346 Å². The summed E-state index contributed by atoms with van der Waals surface area (Å²) in [4.78, 5) is 28.8. The normalized spacial score (nSPS) is 12.3. The van der Waals surface area contributed by atoms with Crippen LogP contribution in [0.3, 0.4) is 0 Å². The fourth-order valence-electron chi connectivity index (χ4n) is 6.33. The van der Waals surface area contributed by atoms with Crippen molar-refractivity contribution in [2.45, 2.75) is 83.9 Å². The summed E-state index contributed by atoms with van der Waals surface area (Å²) in [6.07, 6.45) is 6.41. The molecule has 2 N–H and O–H groups in total. The lowest BCUT2D eigenvalue weighted by atomic mass is 9.97. The average molecular weight is 809 g/mol. The standard InChI is InChI=1S/C47H60N4O6S/c1-5-32-51(47(53)40-26-16-11-17-27-40)42(6-2)28-18-21-34-56-33-20-8-7-19-31-48-43(39-24-14-10-15-25-39)36-45(52)41-29-30-46(57-37-38-22-12-9-13-23-38)44(35-41)49-58(54,55)50(3)4/h9-17,22-27,29-30,35,42-43,48-49H,5-8,19-21,31-34,36-37H2,1-4H3. The predicted molar refractivity (Wildman–Crippen MR) is 233 cm³/mol. The van der Waals surface area contributed by atoms with Crippen molar-refractivity contribution in [2.75, 3.05) is 45.1 Å². The number of rotatable bonds is 25. The minimum atomic E-state index is -3.86. The topological polar surface area (TPSA) is 117 Å². The second-order valence-corrected chi connectivity index (χ2v) is 16.2. The van der Waals surface area contributed by atoms with Crippen LogP contribution in [0.25, 0.3) is 0 Å². The minimum Gasteiger partial charge on any atom is -0.487 e. The molecule has 0 aliphatic carbocycles. The molecule has 4 aromatic rings. The van der Waals surface area contributed by atoms with E-state index in [0.29, 0.717) is 43.1 Å². The van der Waals surface area contributed by atoms with Crippen LogP contribution in [0.15, 0.2) is 109 Å². The largest absolute Gasteiger partial charge is 0.487 e. The van der Waals surface area contributed by atoms with Gasteiger partial charge in [0.05, 0.1) is 18.3 Å². The summed E-state index contributed by atoms with van der Waals surface area (Å²) in [6, 6.07) is 33.4. The number of ketones is 1. The van der Waals surface area contributed by atoms with Crippen LogP contribution in [-0.4, -0.2) is 75.8 Å². The highest BCUT2D eigenvalue weighted by Gasteiger charge is 2.22. The molecule has 2 atom stereocenters. The summed E-state index contributed by atoms with van der Waals surface area (Å²) in [5.41, 5.74) is 3.22. The highest BCUT2D eigenvalue weighted by molar-refractivity contribution is 7.90. The van der Waals surface area contributed by atoms with Gasteiger partial charge >= 0.3 is 10.2 Å². The Balaban J connectivity index is 1.23. The van der Waals surface area contributed by atoms with E-state index in [9.17, 15) is 18.0 Å². The molecule has 4 aromatic carbocycles. The second-order valence-electron chi connectivity index (χ2n) is 14.3. The molecular formula is C47H60N4O6S. The Morgan fingerprint density at radius 1 is 0.793 bits per heavy atom. The number of carbonyl (C=O) groups excluding carboxylic acids is 2. The van der Waals surface area contributed by atoms with E-state index in [1.54, 1.807) is 18.2 Å². The molecule has 0 aliphatic rings. The predicted octanol–water partition coefficient (Wildman–Crippen LogP) is 8.69. The lowest BCUT2D eigenvalue weighted by Gasteiger charge is -2.27. The molecule has 0 saturated heterocycles. The Morgan fingerprint density at radius 3 is 2.14 bits per heavy atom. The molecule has 0 heterocycles. The molecule has 310 valence electrons. The molecule has 58 heavy (non-hydrogen) atoms. The van der Waals surface area contributed by atoms with E-state index in [4.69, 9.17) is 9.47 Å². The Kier molecular flexibility index (Phi) is 19.5. The number of hydrogen-bond acceptors (Lipinski definition) is 7. The first-order valence-electron chi connectivity index (χ1n) is 20.4. The van der Waals surface area contributed by atoms with Crippen molar-refractivity contribution in [3.63, 3.8) is 0 Å². The average Bonchev–Trinajstić information content (AvgIpc) is 3.24. The SMILES string of the molecule is CCCN(C(=O)c1ccccc1)C(C#CCCOCCCCCCNC(CC(=O)c1ccc(OCc2ccccc2)c(NS(=O)(=O)N(C)C)c1)c1ccccc1)CC. The molecular weight excluding hydrogens is 749 g/mol. The summed E-state index contributed by atoms with van der Waals surface area (Å²) in [6.45, 7) is 7.03. The molecule has 10 nitrogen and oxygen atoms in total. The van der Waals surface area contributed by atoms with Crippen LogP contribution in [-0.2, 0) is 21.6 Å². The van der Waals surface area contributed by atoms with Crippen molar-refractivity contribution in [1.82, 2.24) is 14.5 Å². The third-order valence-corrected chi connectivity index (χ3v) is 11.0. The number of benzene rings is 4. The molecule has 0 radical (unpaired) electrons. The first kappa shape index (κ1) is 45.7. The van der Waals surface area contributed by atoms with E-state index in [-0.39, 0.29) is 42.5 Å². The number of anilines is 1. The maximum atomic E-state index is 13.8. The van der Waals surface area contributed by atoms with Gasteiger partial charge in [0.2, 0.25) is 0 Å². The Hall–Kier alpha value is -4.99. The van der Waals surface area contributed by atoms with Gasteiger partial charge in [0.25, 0.3) is 5.91 Å². The van der Waals surface area contributed by atoms with Gasteiger partial charge in [-0.25, -0.2) is 0 Å². The smallest absolute Gasteiger partial charge is 0.301 e. The monoisotopic (exact) mass is 808 g/mol. The van der Waals surface area contributed by atoms with Gasteiger partial charge in [0.15, 0.2) is 5.78 Å². The van der Waals surface area contributed by atoms with Gasteiger partial charge in [-0.15, -0.1) is 0 Å². The number of nitrogens with zero attached hydrogens (tertiary/aromatic N) is 2. The van der Waals surface area contributed by atoms with Crippen molar-refractivity contribution in [3.05, 3.63) is 131 Å². The van der Waals surface area contributed by atoms with Crippen molar-refractivity contribution in [2.24, 2.45) is 0 Å². The summed E-state index contributed by atoms with van der Waals surface area (Å²) in [5.74, 6) is 6.79. The number of amides is 1. The fourth-order valence-corrected chi connectivity index (χ4v) is 6.95. The highest BCUT2D eigenvalue weighted by atomic mass is 32.2. The number of carbonyl (C=O) groups is 2. The van der Waals surface area contributed by atoms with Gasteiger partial charge < -0.3 is 19.7 Å². The van der Waals surface area contributed by atoms with Crippen LogP contribution in [0.1, 0.15) is 103 Å². The van der Waals surface area contributed by atoms with E-state index >= 15 is 0 Å². The van der Waals surface area contributed by atoms with Gasteiger partial charge in [-0.3, -0.25) is 14.3 Å². The molecule has 11 heteroatoms. The van der Waals surface area contributed by atoms with Crippen molar-refractivity contribution >= 4 is 27.6 Å². The van der Waals surface area contributed by atoms with E-state index < -0.39 is 10.2 Å². The molecule has 0 fully saturated rings. The van der Waals surface area contributed by atoms with Crippen LogP contribution in [0.5, 0.6) is 5.75 Å². The molecule has 2 unspecified atom stereocenters. The van der Waals surface area contributed by atoms with Crippen LogP contribution in [0.4, 0.5) is 5.69 Å². The maximum Gasteiger partial charge on any atom is 0.301 e. The zero-order chi connectivity index (χ0) is 41.6. The fraction of sp³-hybridized carbons (Fsp3) is 0.404. The number of Topliss-reactive ketones (excluding diaryl/α,β-unsaturated/α-hetero) is 1. The maximum absolute atomic E-state index is 13.8. The number of unbranched alkanes of at least 4 members (excludes halogenated alkanes) is 3. The summed E-state index contributed by atoms with van der Waals surface area (Å²) in [5, 5.41) is 3.59. The zero-order valence-corrected chi connectivity index (χ0v) is 35.3. The molecule has 0 spiro atoms. The first-order valence-corrected chi connectivity index (χ1v) is 21.8. The summed E-state index contributed by atoms with van der Waals surface area (Å²) < 4.78 is 41.2.